The van der Waals surface area contributed by atoms with E-state index in [1.54, 1.807) is 0 Å². The molecule has 1 aromatic heterocycles. The third-order valence-corrected chi connectivity index (χ3v) is 4.65. The first-order valence-electron chi connectivity index (χ1n) is 6.88. The lowest BCUT2D eigenvalue weighted by atomic mass is 9.97. The minimum absolute atomic E-state index is 0.347. The molecule has 0 spiro atoms. The highest BCUT2D eigenvalue weighted by molar-refractivity contribution is 8.13. The van der Waals surface area contributed by atoms with Gasteiger partial charge in [0.15, 0.2) is 5.17 Å². The van der Waals surface area contributed by atoms with E-state index in [4.69, 9.17) is 0 Å². The molecule has 2 rings (SSSR count). The minimum Gasteiger partial charge on any atom is -0.365 e. The van der Waals surface area contributed by atoms with Crippen LogP contribution in [0.25, 0.3) is 0 Å². The van der Waals surface area contributed by atoms with E-state index in [1.165, 1.54) is 5.69 Å². The van der Waals surface area contributed by atoms with Crippen molar-refractivity contribution in [2.24, 2.45) is 10.4 Å². The summed E-state index contributed by atoms with van der Waals surface area (Å²) in [5.74, 6) is 1.15. The second-order valence-corrected chi connectivity index (χ2v) is 6.97. The van der Waals surface area contributed by atoms with E-state index >= 15 is 0 Å². The zero-order chi connectivity index (χ0) is 13.9. The summed E-state index contributed by atoms with van der Waals surface area (Å²) in [6.45, 7) is 11.5. The van der Waals surface area contributed by atoms with Crippen molar-refractivity contribution in [3.63, 3.8) is 0 Å². The maximum Gasteiger partial charge on any atom is 0.156 e. The fraction of sp³-hybridized carbons (Fsp3) is 0.714. The molecule has 4 nitrogen and oxygen atoms in total. The smallest absolute Gasteiger partial charge is 0.156 e. The molecule has 19 heavy (non-hydrogen) atoms. The Hall–Kier alpha value is -0.970. The fourth-order valence-corrected chi connectivity index (χ4v) is 3.05. The number of thioether (sulfide) groups is 1. The minimum atomic E-state index is 0.347. The predicted octanol–water partition coefficient (Wildman–Crippen LogP) is 2.61. The summed E-state index contributed by atoms with van der Waals surface area (Å²) in [7, 11) is 0. The van der Waals surface area contributed by atoms with E-state index in [1.807, 2.05) is 18.7 Å². The van der Waals surface area contributed by atoms with Crippen LogP contribution in [0.1, 0.15) is 31.7 Å². The molecule has 0 aliphatic carbocycles. The van der Waals surface area contributed by atoms with Gasteiger partial charge in [0.05, 0.1) is 5.69 Å². The highest BCUT2D eigenvalue weighted by Crippen LogP contribution is 2.26. The Morgan fingerprint density at radius 1 is 1.42 bits per heavy atom. The van der Waals surface area contributed by atoms with Crippen molar-refractivity contribution in [2.45, 2.75) is 40.7 Å². The van der Waals surface area contributed by atoms with Crippen molar-refractivity contribution in [1.29, 1.82) is 0 Å². The van der Waals surface area contributed by atoms with E-state index < -0.39 is 0 Å². The first-order chi connectivity index (χ1) is 8.96. The Balaban J connectivity index is 1.70. The molecule has 1 aliphatic rings. The van der Waals surface area contributed by atoms with Gasteiger partial charge in [-0.15, -0.1) is 0 Å². The zero-order valence-electron chi connectivity index (χ0n) is 12.4. The Labute approximate surface area is 120 Å². The van der Waals surface area contributed by atoms with Crippen molar-refractivity contribution in [2.75, 3.05) is 18.8 Å². The first-order valence-corrected chi connectivity index (χ1v) is 7.87. The molecule has 0 saturated carbocycles. The number of aryl methyl sites for hydroxylation is 3. The molecular formula is C14H24N4S. The van der Waals surface area contributed by atoms with Gasteiger partial charge in [0.1, 0.15) is 0 Å². The summed E-state index contributed by atoms with van der Waals surface area (Å²) >= 11 is 1.84. The topological polar surface area (TPSA) is 42.2 Å². The number of aromatic nitrogens is 2. The van der Waals surface area contributed by atoms with Crippen molar-refractivity contribution >= 4 is 16.9 Å². The van der Waals surface area contributed by atoms with Crippen LogP contribution in [0.3, 0.4) is 0 Å². The number of hydrogen-bond donors (Lipinski definition) is 1. The highest BCUT2D eigenvalue weighted by atomic mass is 32.2. The van der Waals surface area contributed by atoms with Gasteiger partial charge in [0.2, 0.25) is 0 Å². The number of nitrogens with one attached hydrogen (secondary N) is 1. The van der Waals surface area contributed by atoms with Crippen molar-refractivity contribution in [1.82, 2.24) is 15.1 Å². The Morgan fingerprint density at radius 3 is 2.79 bits per heavy atom. The molecule has 0 saturated heterocycles. The summed E-state index contributed by atoms with van der Waals surface area (Å²) in [6.07, 6.45) is 1.07. The quantitative estimate of drug-likeness (QED) is 0.862. The van der Waals surface area contributed by atoms with Gasteiger partial charge in [-0.1, -0.05) is 25.6 Å². The second-order valence-electron chi connectivity index (χ2n) is 6.00. The van der Waals surface area contributed by atoms with Crippen LogP contribution in [0.4, 0.5) is 0 Å². The van der Waals surface area contributed by atoms with Crippen LogP contribution < -0.4 is 5.32 Å². The van der Waals surface area contributed by atoms with Crippen molar-refractivity contribution < 1.29 is 0 Å². The SMILES string of the molecule is Cc1cc(C)n(CCCNC2=NCC(C)(C)CS2)n1. The number of rotatable bonds is 4. The van der Waals surface area contributed by atoms with E-state index in [2.05, 4.69) is 46.9 Å². The molecule has 0 bridgehead atoms. The maximum atomic E-state index is 4.59. The van der Waals surface area contributed by atoms with Gasteiger partial charge in [-0.25, -0.2) is 0 Å². The Morgan fingerprint density at radius 2 is 2.21 bits per heavy atom. The van der Waals surface area contributed by atoms with Crippen LogP contribution in [-0.4, -0.2) is 33.8 Å². The van der Waals surface area contributed by atoms with Crippen LogP contribution in [0, 0.1) is 19.3 Å². The number of hydrogen-bond acceptors (Lipinski definition) is 4. The third-order valence-electron chi connectivity index (χ3n) is 3.18. The lowest BCUT2D eigenvalue weighted by Gasteiger charge is -2.27. The van der Waals surface area contributed by atoms with Crippen molar-refractivity contribution in [3.05, 3.63) is 17.5 Å². The van der Waals surface area contributed by atoms with Gasteiger partial charge >= 0.3 is 0 Å². The average Bonchev–Trinajstić information content (AvgIpc) is 2.65. The molecule has 0 unspecified atom stereocenters. The van der Waals surface area contributed by atoms with Gasteiger partial charge in [0.25, 0.3) is 0 Å². The fourth-order valence-electron chi connectivity index (χ4n) is 2.07. The van der Waals surface area contributed by atoms with Gasteiger partial charge < -0.3 is 5.32 Å². The van der Waals surface area contributed by atoms with Crippen LogP contribution in [0.15, 0.2) is 11.1 Å². The monoisotopic (exact) mass is 280 g/mol. The van der Waals surface area contributed by atoms with Gasteiger partial charge in [0, 0.05) is 31.1 Å². The lowest BCUT2D eigenvalue weighted by molar-refractivity contribution is 0.436. The second kappa shape index (κ2) is 5.99. The van der Waals surface area contributed by atoms with E-state index in [0.29, 0.717) is 5.41 Å². The first kappa shape index (κ1) is 14.4. The molecule has 106 valence electrons. The summed E-state index contributed by atoms with van der Waals surface area (Å²) in [4.78, 5) is 4.59. The molecule has 0 atom stereocenters. The molecule has 1 aromatic rings. The Bertz CT molecular complexity index is 462. The third kappa shape index (κ3) is 4.27. The van der Waals surface area contributed by atoms with Gasteiger partial charge in [-0.2, -0.15) is 5.10 Å². The molecule has 2 heterocycles. The maximum absolute atomic E-state index is 4.59. The molecule has 0 aromatic carbocycles. The van der Waals surface area contributed by atoms with Crippen LogP contribution in [0.5, 0.6) is 0 Å². The summed E-state index contributed by atoms with van der Waals surface area (Å²) < 4.78 is 2.08. The average molecular weight is 280 g/mol. The van der Waals surface area contributed by atoms with Gasteiger partial charge in [-0.3, -0.25) is 9.67 Å². The van der Waals surface area contributed by atoms with Crippen molar-refractivity contribution in [3.8, 4) is 0 Å². The number of nitrogens with zero attached hydrogens (tertiary/aromatic N) is 3. The van der Waals surface area contributed by atoms with Crippen LogP contribution in [0.2, 0.25) is 0 Å². The molecule has 0 amide bonds. The van der Waals surface area contributed by atoms with Crippen LogP contribution >= 0.6 is 11.8 Å². The largest absolute Gasteiger partial charge is 0.365 e. The molecule has 1 N–H and O–H groups in total. The molecule has 1 aliphatic heterocycles. The predicted molar refractivity (Wildman–Crippen MR) is 82.9 cm³/mol. The molecule has 0 fully saturated rings. The zero-order valence-corrected chi connectivity index (χ0v) is 13.2. The molecular weight excluding hydrogens is 256 g/mol. The van der Waals surface area contributed by atoms with Gasteiger partial charge in [-0.05, 0) is 31.7 Å². The summed E-state index contributed by atoms with van der Waals surface area (Å²) in [5.41, 5.74) is 2.68. The number of amidine groups is 1. The standard InChI is InChI=1S/C14H24N4S/c1-11-8-12(2)18(17-11)7-5-6-15-13-16-9-14(3,4)10-19-13/h8H,5-7,9-10H2,1-4H3,(H,15,16). The van der Waals surface area contributed by atoms with E-state index in [9.17, 15) is 0 Å². The van der Waals surface area contributed by atoms with Crippen LogP contribution in [-0.2, 0) is 6.54 Å². The summed E-state index contributed by atoms with van der Waals surface area (Å²) in [5, 5.41) is 9.00. The molecule has 5 heteroatoms. The highest BCUT2D eigenvalue weighted by Gasteiger charge is 2.22. The lowest BCUT2D eigenvalue weighted by Crippen LogP contribution is -2.32. The van der Waals surface area contributed by atoms with E-state index in [-0.39, 0.29) is 0 Å². The number of aliphatic imine (C=N–C) groups is 1. The van der Waals surface area contributed by atoms with E-state index in [0.717, 1.165) is 42.7 Å². The molecule has 0 radical (unpaired) electrons. The Kier molecular flexibility index (Phi) is 4.55. The summed E-state index contributed by atoms with van der Waals surface area (Å²) in [6, 6.07) is 2.12. The normalized spacial score (nSPS) is 18.2.